The predicted molar refractivity (Wildman–Crippen MR) is 81.8 cm³/mol. The van der Waals surface area contributed by atoms with E-state index in [9.17, 15) is 0 Å². The zero-order valence-corrected chi connectivity index (χ0v) is 13.0. The summed E-state index contributed by atoms with van der Waals surface area (Å²) in [5.41, 5.74) is 1.31. The molecule has 0 heterocycles. The Morgan fingerprint density at radius 1 is 1.11 bits per heavy atom. The van der Waals surface area contributed by atoms with Crippen molar-refractivity contribution in [3.63, 3.8) is 0 Å². The van der Waals surface area contributed by atoms with Crippen molar-refractivity contribution >= 4 is 0 Å². The molecule has 1 aromatic rings. The molecule has 0 aliphatic carbocycles. The highest BCUT2D eigenvalue weighted by Gasteiger charge is 2.06. The van der Waals surface area contributed by atoms with Crippen LogP contribution in [0.5, 0.6) is 5.75 Å². The van der Waals surface area contributed by atoms with Crippen LogP contribution in [0.15, 0.2) is 24.3 Å². The van der Waals surface area contributed by atoms with E-state index in [4.69, 9.17) is 4.74 Å². The summed E-state index contributed by atoms with van der Waals surface area (Å²) < 4.78 is 5.92. The molecule has 108 valence electrons. The molecule has 0 aliphatic rings. The van der Waals surface area contributed by atoms with Crippen molar-refractivity contribution in [3.05, 3.63) is 29.8 Å². The monoisotopic (exact) mass is 264 g/mol. The number of unbranched alkanes of at least 4 members (excludes halogenated alkanes) is 1. The molecule has 0 aliphatic heterocycles. The molecule has 0 saturated carbocycles. The fourth-order valence-electron chi connectivity index (χ4n) is 2.09. The van der Waals surface area contributed by atoms with E-state index in [1.54, 1.807) is 0 Å². The summed E-state index contributed by atoms with van der Waals surface area (Å²) in [4.78, 5) is 0. The average Bonchev–Trinajstić information content (AvgIpc) is 2.42. The Labute approximate surface area is 118 Å². The fourth-order valence-corrected chi connectivity index (χ4v) is 2.09. The smallest absolute Gasteiger partial charge is 0.122 e. The third-order valence-corrected chi connectivity index (χ3v) is 3.61. The summed E-state index contributed by atoms with van der Waals surface area (Å²) in [7, 11) is 0. The molecule has 0 unspecified atom stereocenters. The second-order valence-corrected chi connectivity index (χ2v) is 5.66. The Kier molecular flexibility index (Phi) is 7.57. The molecule has 2 nitrogen and oxygen atoms in total. The lowest BCUT2D eigenvalue weighted by atomic mass is 10.0. The van der Waals surface area contributed by atoms with Crippen molar-refractivity contribution in [3.8, 4) is 5.75 Å². The average molecular weight is 264 g/mol. The molecule has 2 N–H and O–H groups in total. The van der Waals surface area contributed by atoms with Crippen LogP contribution in [0.2, 0.25) is 0 Å². The maximum Gasteiger partial charge on any atom is 0.122 e. The SMILES string of the molecule is CC[C@@H](C)[NH2+]CCCCOc1ccccc1C(C)C. The first-order chi connectivity index (χ1) is 9.15. The molecule has 1 rings (SSSR count). The van der Waals surface area contributed by atoms with Crippen LogP contribution in [0.25, 0.3) is 0 Å². The summed E-state index contributed by atoms with van der Waals surface area (Å²) in [6, 6.07) is 9.14. The first kappa shape index (κ1) is 16.0. The molecule has 19 heavy (non-hydrogen) atoms. The Morgan fingerprint density at radius 3 is 2.53 bits per heavy atom. The zero-order chi connectivity index (χ0) is 14.1. The second-order valence-electron chi connectivity index (χ2n) is 5.66. The largest absolute Gasteiger partial charge is 0.493 e. The highest BCUT2D eigenvalue weighted by atomic mass is 16.5. The van der Waals surface area contributed by atoms with Gasteiger partial charge in [-0.1, -0.05) is 39.0 Å². The number of nitrogens with two attached hydrogens (primary N) is 1. The highest BCUT2D eigenvalue weighted by Crippen LogP contribution is 2.25. The molecule has 2 heteroatoms. The maximum atomic E-state index is 5.92. The van der Waals surface area contributed by atoms with Gasteiger partial charge >= 0.3 is 0 Å². The van der Waals surface area contributed by atoms with Crippen molar-refractivity contribution in [2.75, 3.05) is 13.2 Å². The van der Waals surface area contributed by atoms with Gasteiger partial charge in [0.1, 0.15) is 5.75 Å². The highest BCUT2D eigenvalue weighted by molar-refractivity contribution is 5.35. The van der Waals surface area contributed by atoms with Gasteiger partial charge in [-0.15, -0.1) is 0 Å². The minimum atomic E-state index is 0.523. The lowest BCUT2D eigenvalue weighted by molar-refractivity contribution is -0.686. The Balaban J connectivity index is 2.23. The molecule has 0 fully saturated rings. The first-order valence-corrected chi connectivity index (χ1v) is 7.70. The molecule has 0 amide bonds. The number of hydrogen-bond acceptors (Lipinski definition) is 1. The van der Waals surface area contributed by atoms with E-state index in [2.05, 4.69) is 57.3 Å². The number of hydrogen-bond donors (Lipinski definition) is 1. The Hall–Kier alpha value is -1.02. The van der Waals surface area contributed by atoms with Gasteiger partial charge in [0.25, 0.3) is 0 Å². The molecule has 1 atom stereocenters. The van der Waals surface area contributed by atoms with Crippen molar-refractivity contribution in [2.45, 2.75) is 58.9 Å². The van der Waals surface area contributed by atoms with Crippen molar-refractivity contribution < 1.29 is 10.1 Å². The number of benzene rings is 1. The van der Waals surface area contributed by atoms with E-state index >= 15 is 0 Å². The molecule has 0 bridgehead atoms. The molecular formula is C17H30NO+. The topological polar surface area (TPSA) is 25.8 Å². The van der Waals surface area contributed by atoms with Crippen LogP contribution >= 0.6 is 0 Å². The normalized spacial score (nSPS) is 12.7. The van der Waals surface area contributed by atoms with Gasteiger partial charge in [-0.25, -0.2) is 0 Å². The first-order valence-electron chi connectivity index (χ1n) is 7.70. The van der Waals surface area contributed by atoms with E-state index in [0.29, 0.717) is 5.92 Å². The molecule has 0 aromatic heterocycles. The lowest BCUT2D eigenvalue weighted by Gasteiger charge is -2.13. The van der Waals surface area contributed by atoms with Gasteiger partial charge < -0.3 is 10.1 Å². The lowest BCUT2D eigenvalue weighted by Crippen LogP contribution is -2.89. The minimum Gasteiger partial charge on any atom is -0.493 e. The van der Waals surface area contributed by atoms with Crippen LogP contribution in [-0.2, 0) is 0 Å². The summed E-state index contributed by atoms with van der Waals surface area (Å²) in [6.45, 7) is 11.0. The standard InChI is InChI=1S/C17H29NO/c1-5-15(4)18-12-8-9-13-19-17-11-7-6-10-16(17)14(2)3/h6-7,10-11,14-15,18H,5,8-9,12-13H2,1-4H3/p+1/t15-/m1/s1. The zero-order valence-electron chi connectivity index (χ0n) is 13.0. The van der Waals surface area contributed by atoms with Crippen LogP contribution in [0.1, 0.15) is 58.4 Å². The van der Waals surface area contributed by atoms with Crippen LogP contribution in [0.3, 0.4) is 0 Å². The van der Waals surface area contributed by atoms with Gasteiger partial charge in [0.05, 0.1) is 19.2 Å². The van der Waals surface area contributed by atoms with E-state index in [1.165, 1.54) is 24.9 Å². The quantitative estimate of drug-likeness (QED) is 0.680. The predicted octanol–water partition coefficient (Wildman–Crippen LogP) is 3.33. The van der Waals surface area contributed by atoms with E-state index in [0.717, 1.165) is 24.8 Å². The molecular weight excluding hydrogens is 234 g/mol. The van der Waals surface area contributed by atoms with E-state index in [-0.39, 0.29) is 0 Å². The second kappa shape index (κ2) is 8.98. The van der Waals surface area contributed by atoms with Crippen LogP contribution < -0.4 is 10.1 Å². The summed E-state index contributed by atoms with van der Waals surface area (Å²) >= 11 is 0. The summed E-state index contributed by atoms with van der Waals surface area (Å²) in [5, 5.41) is 2.43. The summed E-state index contributed by atoms with van der Waals surface area (Å²) in [5.74, 6) is 1.58. The van der Waals surface area contributed by atoms with Crippen molar-refractivity contribution in [1.82, 2.24) is 0 Å². The van der Waals surface area contributed by atoms with Crippen LogP contribution in [0.4, 0.5) is 0 Å². The van der Waals surface area contributed by atoms with Gasteiger partial charge in [0.2, 0.25) is 0 Å². The number of ether oxygens (including phenoxy) is 1. The van der Waals surface area contributed by atoms with Crippen LogP contribution in [-0.4, -0.2) is 19.2 Å². The van der Waals surface area contributed by atoms with E-state index in [1.807, 2.05) is 0 Å². The number of quaternary nitrogens is 1. The number of para-hydroxylation sites is 1. The minimum absolute atomic E-state index is 0.523. The van der Waals surface area contributed by atoms with Crippen LogP contribution in [0, 0.1) is 0 Å². The van der Waals surface area contributed by atoms with E-state index < -0.39 is 0 Å². The third kappa shape index (κ3) is 6.11. The van der Waals surface area contributed by atoms with Crippen molar-refractivity contribution in [1.29, 1.82) is 0 Å². The van der Waals surface area contributed by atoms with Crippen molar-refractivity contribution in [2.24, 2.45) is 0 Å². The molecule has 0 saturated heterocycles. The molecule has 0 spiro atoms. The Morgan fingerprint density at radius 2 is 1.84 bits per heavy atom. The Bertz CT molecular complexity index is 349. The van der Waals surface area contributed by atoms with Gasteiger partial charge in [-0.05, 0) is 43.7 Å². The maximum absolute atomic E-state index is 5.92. The fraction of sp³-hybridized carbons (Fsp3) is 0.647. The third-order valence-electron chi connectivity index (χ3n) is 3.61. The molecule has 0 radical (unpaired) electrons. The molecule has 1 aromatic carbocycles. The van der Waals surface area contributed by atoms with Gasteiger partial charge in [0.15, 0.2) is 0 Å². The van der Waals surface area contributed by atoms with Gasteiger partial charge in [-0.2, -0.15) is 0 Å². The van der Waals surface area contributed by atoms with Gasteiger partial charge in [0, 0.05) is 0 Å². The summed E-state index contributed by atoms with van der Waals surface area (Å²) in [6.07, 6.45) is 3.62. The van der Waals surface area contributed by atoms with Gasteiger partial charge in [-0.3, -0.25) is 0 Å². The number of rotatable bonds is 9.